The van der Waals surface area contributed by atoms with E-state index in [1.807, 2.05) is 17.8 Å². The molecule has 0 aliphatic carbocycles. The maximum atomic E-state index is 5.91. The van der Waals surface area contributed by atoms with E-state index >= 15 is 0 Å². The summed E-state index contributed by atoms with van der Waals surface area (Å²) in [6.07, 6.45) is 1.29. The molecule has 22 heavy (non-hydrogen) atoms. The molecule has 1 atom stereocenters. The van der Waals surface area contributed by atoms with Crippen LogP contribution in [0.1, 0.15) is 12.0 Å². The zero-order valence-corrected chi connectivity index (χ0v) is 13.9. The Labute approximate surface area is 137 Å². The van der Waals surface area contributed by atoms with Crippen LogP contribution in [0.4, 0.5) is 0 Å². The number of morpholine rings is 1. The first-order chi connectivity index (χ1) is 10.9. The van der Waals surface area contributed by atoms with Gasteiger partial charge >= 0.3 is 0 Å². The number of rotatable bonds is 7. The van der Waals surface area contributed by atoms with E-state index in [0.717, 1.165) is 51.7 Å². The van der Waals surface area contributed by atoms with Crippen LogP contribution >= 0.6 is 11.8 Å². The van der Waals surface area contributed by atoms with Crippen molar-refractivity contribution in [3.8, 4) is 5.75 Å². The quantitative estimate of drug-likeness (QED) is 0.830. The van der Waals surface area contributed by atoms with Crippen molar-refractivity contribution in [2.45, 2.75) is 19.0 Å². The van der Waals surface area contributed by atoms with Gasteiger partial charge in [-0.1, -0.05) is 12.1 Å². The number of hydrogen-bond acceptors (Lipinski definition) is 5. The lowest BCUT2D eigenvalue weighted by atomic mass is 10.2. The van der Waals surface area contributed by atoms with Crippen molar-refractivity contribution in [2.24, 2.45) is 0 Å². The number of thioether (sulfide) groups is 1. The number of benzene rings is 1. The van der Waals surface area contributed by atoms with E-state index in [0.29, 0.717) is 6.04 Å². The highest BCUT2D eigenvalue weighted by atomic mass is 32.2. The molecular weight excluding hydrogens is 296 g/mol. The highest BCUT2D eigenvalue weighted by Crippen LogP contribution is 2.18. The summed E-state index contributed by atoms with van der Waals surface area (Å²) >= 11 is 2.04. The van der Waals surface area contributed by atoms with E-state index in [2.05, 4.69) is 28.4 Å². The minimum Gasteiger partial charge on any atom is -0.492 e. The SMILES string of the molecule is c1cc(CN[C@@H]2CCSC2)cc(OCCN2CCOCC2)c1. The van der Waals surface area contributed by atoms with Crippen LogP contribution in [-0.2, 0) is 11.3 Å². The lowest BCUT2D eigenvalue weighted by Gasteiger charge is -2.26. The van der Waals surface area contributed by atoms with Crippen molar-refractivity contribution in [3.63, 3.8) is 0 Å². The van der Waals surface area contributed by atoms with Crippen molar-refractivity contribution >= 4 is 11.8 Å². The zero-order valence-electron chi connectivity index (χ0n) is 13.1. The summed E-state index contributed by atoms with van der Waals surface area (Å²) in [4.78, 5) is 2.40. The molecule has 2 aliphatic heterocycles. The molecule has 0 aromatic heterocycles. The largest absolute Gasteiger partial charge is 0.492 e. The van der Waals surface area contributed by atoms with E-state index in [1.54, 1.807) is 0 Å². The summed E-state index contributed by atoms with van der Waals surface area (Å²) in [5.74, 6) is 3.52. The zero-order chi connectivity index (χ0) is 15.0. The molecule has 2 fully saturated rings. The molecule has 1 aromatic carbocycles. The van der Waals surface area contributed by atoms with E-state index in [-0.39, 0.29) is 0 Å². The molecule has 0 radical (unpaired) electrons. The maximum Gasteiger partial charge on any atom is 0.119 e. The molecule has 1 N–H and O–H groups in total. The third kappa shape index (κ3) is 5.16. The predicted octanol–water partition coefficient (Wildman–Crippen LogP) is 1.99. The van der Waals surface area contributed by atoms with Crippen molar-refractivity contribution in [3.05, 3.63) is 29.8 Å². The number of ether oxygens (including phenoxy) is 2. The fourth-order valence-electron chi connectivity index (χ4n) is 2.82. The van der Waals surface area contributed by atoms with Gasteiger partial charge < -0.3 is 14.8 Å². The van der Waals surface area contributed by atoms with Gasteiger partial charge in [0.15, 0.2) is 0 Å². The summed E-state index contributed by atoms with van der Waals surface area (Å²) in [6.45, 7) is 6.40. The molecule has 2 saturated heterocycles. The number of hydrogen-bond donors (Lipinski definition) is 1. The molecule has 0 unspecified atom stereocenters. The van der Waals surface area contributed by atoms with Crippen LogP contribution in [0.2, 0.25) is 0 Å². The Kier molecular flexibility index (Phi) is 6.43. The summed E-state index contributed by atoms with van der Waals surface area (Å²) in [5.41, 5.74) is 1.31. The molecule has 2 aliphatic rings. The van der Waals surface area contributed by atoms with E-state index in [9.17, 15) is 0 Å². The molecule has 0 spiro atoms. The minimum atomic E-state index is 0.677. The van der Waals surface area contributed by atoms with Crippen LogP contribution in [0.15, 0.2) is 24.3 Å². The van der Waals surface area contributed by atoms with Crippen LogP contribution in [-0.4, -0.2) is 61.9 Å². The fraction of sp³-hybridized carbons (Fsp3) is 0.647. The molecule has 3 rings (SSSR count). The van der Waals surface area contributed by atoms with Gasteiger partial charge in [-0.3, -0.25) is 4.90 Å². The fourth-order valence-corrected chi connectivity index (χ4v) is 4.01. The van der Waals surface area contributed by atoms with Gasteiger partial charge in [-0.05, 0) is 29.9 Å². The van der Waals surface area contributed by atoms with Gasteiger partial charge in [0.2, 0.25) is 0 Å². The minimum absolute atomic E-state index is 0.677. The Balaban J connectivity index is 1.40. The smallest absolute Gasteiger partial charge is 0.119 e. The second-order valence-corrected chi connectivity index (χ2v) is 7.04. The van der Waals surface area contributed by atoms with E-state index < -0.39 is 0 Å². The molecule has 0 amide bonds. The second kappa shape index (κ2) is 8.77. The molecule has 1 aromatic rings. The van der Waals surface area contributed by atoms with Crippen LogP contribution in [0.25, 0.3) is 0 Å². The summed E-state index contributed by atoms with van der Waals surface area (Å²) in [6, 6.07) is 9.15. The van der Waals surface area contributed by atoms with Crippen molar-refractivity contribution < 1.29 is 9.47 Å². The van der Waals surface area contributed by atoms with Gasteiger partial charge in [0.05, 0.1) is 13.2 Å². The number of nitrogens with zero attached hydrogens (tertiary/aromatic N) is 1. The Bertz CT molecular complexity index is 446. The maximum absolute atomic E-state index is 5.91. The topological polar surface area (TPSA) is 33.7 Å². The predicted molar refractivity (Wildman–Crippen MR) is 91.8 cm³/mol. The first-order valence-corrected chi connectivity index (χ1v) is 9.38. The standard InChI is InChI=1S/C17H26N2O2S/c1-2-15(13-18-16-4-11-22-14-16)12-17(3-1)21-10-7-19-5-8-20-9-6-19/h1-3,12,16,18H,4-11,13-14H2/t16-/m1/s1. The highest BCUT2D eigenvalue weighted by molar-refractivity contribution is 7.99. The Hall–Kier alpha value is -0.750. The summed E-state index contributed by atoms with van der Waals surface area (Å²) in [5, 5.41) is 3.63. The molecule has 0 saturated carbocycles. The second-order valence-electron chi connectivity index (χ2n) is 5.89. The van der Waals surface area contributed by atoms with Gasteiger partial charge in [0, 0.05) is 38.0 Å². The Morgan fingerprint density at radius 3 is 3.05 bits per heavy atom. The van der Waals surface area contributed by atoms with Crippen molar-refractivity contribution in [1.82, 2.24) is 10.2 Å². The third-order valence-electron chi connectivity index (χ3n) is 4.20. The Morgan fingerprint density at radius 1 is 1.32 bits per heavy atom. The van der Waals surface area contributed by atoms with Crippen molar-refractivity contribution in [1.29, 1.82) is 0 Å². The molecule has 122 valence electrons. The van der Waals surface area contributed by atoms with Gasteiger partial charge in [0.25, 0.3) is 0 Å². The summed E-state index contributed by atoms with van der Waals surface area (Å²) < 4.78 is 11.3. The molecule has 2 heterocycles. The normalized spacial score (nSPS) is 22.8. The first kappa shape index (κ1) is 16.1. The van der Waals surface area contributed by atoms with Gasteiger partial charge in [0.1, 0.15) is 12.4 Å². The number of nitrogens with one attached hydrogen (secondary N) is 1. The average molecular weight is 322 g/mol. The lowest BCUT2D eigenvalue weighted by molar-refractivity contribution is 0.0322. The molecular formula is C17H26N2O2S. The third-order valence-corrected chi connectivity index (χ3v) is 5.37. The van der Waals surface area contributed by atoms with Crippen molar-refractivity contribution in [2.75, 3.05) is 51.0 Å². The van der Waals surface area contributed by atoms with Crippen LogP contribution < -0.4 is 10.1 Å². The lowest BCUT2D eigenvalue weighted by Crippen LogP contribution is -2.38. The first-order valence-electron chi connectivity index (χ1n) is 8.23. The molecule has 4 nitrogen and oxygen atoms in total. The molecule has 5 heteroatoms. The van der Waals surface area contributed by atoms with Crippen LogP contribution in [0.3, 0.4) is 0 Å². The average Bonchev–Trinajstić information content (AvgIpc) is 3.08. The Morgan fingerprint density at radius 2 is 2.23 bits per heavy atom. The molecule has 0 bridgehead atoms. The highest BCUT2D eigenvalue weighted by Gasteiger charge is 2.14. The van der Waals surface area contributed by atoms with E-state index in [4.69, 9.17) is 9.47 Å². The monoisotopic (exact) mass is 322 g/mol. The van der Waals surface area contributed by atoms with Crippen LogP contribution in [0.5, 0.6) is 5.75 Å². The van der Waals surface area contributed by atoms with E-state index in [1.165, 1.54) is 23.5 Å². The van der Waals surface area contributed by atoms with Gasteiger partial charge in [-0.2, -0.15) is 11.8 Å². The van der Waals surface area contributed by atoms with Gasteiger partial charge in [-0.15, -0.1) is 0 Å². The van der Waals surface area contributed by atoms with Crippen LogP contribution in [0, 0.1) is 0 Å². The summed E-state index contributed by atoms with van der Waals surface area (Å²) in [7, 11) is 0. The van der Waals surface area contributed by atoms with Gasteiger partial charge in [-0.25, -0.2) is 0 Å².